The molecule has 0 aliphatic carbocycles. The van der Waals surface area contributed by atoms with Crippen molar-refractivity contribution >= 4 is 12.0 Å². The molecule has 0 spiro atoms. The Hall–Kier alpha value is -1.34. The van der Waals surface area contributed by atoms with Gasteiger partial charge < -0.3 is 19.8 Å². The Bertz CT molecular complexity index is 351. The van der Waals surface area contributed by atoms with Gasteiger partial charge >= 0.3 is 6.09 Å². The van der Waals surface area contributed by atoms with Crippen LogP contribution in [0.4, 0.5) is 4.79 Å². The summed E-state index contributed by atoms with van der Waals surface area (Å²) in [7, 11) is 0. The van der Waals surface area contributed by atoms with Crippen LogP contribution in [0.1, 0.15) is 27.7 Å². The lowest BCUT2D eigenvalue weighted by Crippen LogP contribution is -2.57. The third kappa shape index (κ3) is 4.36. The molecule has 19 heavy (non-hydrogen) atoms. The van der Waals surface area contributed by atoms with Crippen molar-refractivity contribution in [1.29, 1.82) is 0 Å². The lowest BCUT2D eigenvalue weighted by Gasteiger charge is -2.38. The summed E-state index contributed by atoms with van der Waals surface area (Å²) in [5, 5.41) is 18.2. The first-order chi connectivity index (χ1) is 8.61. The number of aliphatic hydroxyl groups excluding tert-OH is 1. The summed E-state index contributed by atoms with van der Waals surface area (Å²) in [6.45, 7) is 7.29. The average Bonchev–Trinajstić information content (AvgIpc) is 2.25. The highest BCUT2D eigenvalue weighted by Gasteiger charge is 2.33. The lowest BCUT2D eigenvalue weighted by atomic mass is 10.2. The first kappa shape index (κ1) is 15.7. The fourth-order valence-electron chi connectivity index (χ4n) is 1.76. The van der Waals surface area contributed by atoms with E-state index in [-0.39, 0.29) is 19.0 Å². The largest absolute Gasteiger partial charge is 0.444 e. The number of aliphatic hydroxyl groups is 2. The van der Waals surface area contributed by atoms with Gasteiger partial charge in [-0.1, -0.05) is 0 Å². The molecule has 1 aliphatic rings. The van der Waals surface area contributed by atoms with Crippen molar-refractivity contribution in [2.45, 2.75) is 45.6 Å². The number of hydrogen-bond acceptors (Lipinski definition) is 5. The molecule has 0 aromatic rings. The van der Waals surface area contributed by atoms with Crippen molar-refractivity contribution in [1.82, 2.24) is 9.80 Å². The first-order valence-electron chi connectivity index (χ1n) is 6.25. The number of carbonyl (C=O) groups excluding carboxylic acids is 2. The van der Waals surface area contributed by atoms with Gasteiger partial charge in [0.05, 0.1) is 6.04 Å². The molecular formula is C12H22N2O5. The van der Waals surface area contributed by atoms with Crippen LogP contribution in [-0.2, 0) is 9.53 Å². The van der Waals surface area contributed by atoms with E-state index >= 15 is 0 Å². The Balaban J connectivity index is 2.59. The van der Waals surface area contributed by atoms with Crippen LogP contribution in [0.25, 0.3) is 0 Å². The predicted octanol–water partition coefficient (Wildman–Crippen LogP) is -0.235. The third-order valence-electron chi connectivity index (χ3n) is 2.83. The Morgan fingerprint density at radius 1 is 1.32 bits per heavy atom. The number of piperazine rings is 1. The van der Waals surface area contributed by atoms with Crippen molar-refractivity contribution in [3.8, 4) is 0 Å². The van der Waals surface area contributed by atoms with E-state index in [1.807, 2.05) is 0 Å². The van der Waals surface area contributed by atoms with Crippen molar-refractivity contribution in [2.24, 2.45) is 0 Å². The summed E-state index contributed by atoms with van der Waals surface area (Å²) in [5.41, 5.74) is -0.605. The van der Waals surface area contributed by atoms with Crippen LogP contribution in [0.5, 0.6) is 0 Å². The molecule has 0 aromatic carbocycles. The molecule has 0 bridgehead atoms. The summed E-state index contributed by atoms with van der Waals surface area (Å²) in [6, 6.07) is -0.687. The average molecular weight is 274 g/mol. The topological polar surface area (TPSA) is 90.3 Å². The molecule has 7 nitrogen and oxygen atoms in total. The van der Waals surface area contributed by atoms with E-state index in [2.05, 4.69) is 0 Å². The van der Waals surface area contributed by atoms with E-state index in [9.17, 15) is 9.59 Å². The molecular weight excluding hydrogens is 252 g/mol. The lowest BCUT2D eigenvalue weighted by molar-refractivity contribution is -0.151. The molecule has 1 aliphatic heterocycles. The second-order valence-corrected chi connectivity index (χ2v) is 5.64. The maximum absolute atomic E-state index is 11.9. The molecule has 110 valence electrons. The van der Waals surface area contributed by atoms with Gasteiger partial charge in [0.2, 0.25) is 5.91 Å². The zero-order chi connectivity index (χ0) is 14.8. The summed E-state index contributed by atoms with van der Waals surface area (Å²) >= 11 is 0. The van der Waals surface area contributed by atoms with Crippen LogP contribution >= 0.6 is 0 Å². The molecule has 2 amide bonds. The number of hydrogen-bond donors (Lipinski definition) is 2. The molecule has 1 fully saturated rings. The standard InChI is InChI=1S/C12H22N2O5/c1-8(10(16)17)14-6-5-13(7-9(14)15)11(18)19-12(2,3)4/h8,10,16-17H,5-7H2,1-4H3/t8-/m1/s1. The van der Waals surface area contributed by atoms with Crippen molar-refractivity contribution < 1.29 is 24.5 Å². The predicted molar refractivity (Wildman–Crippen MR) is 67.2 cm³/mol. The third-order valence-corrected chi connectivity index (χ3v) is 2.83. The second kappa shape index (κ2) is 5.75. The Kier molecular flexibility index (Phi) is 4.75. The van der Waals surface area contributed by atoms with Gasteiger partial charge in [-0.2, -0.15) is 0 Å². The highest BCUT2D eigenvalue weighted by molar-refractivity contribution is 5.83. The molecule has 0 aromatic heterocycles. The fraction of sp³-hybridized carbons (Fsp3) is 0.833. The van der Waals surface area contributed by atoms with E-state index < -0.39 is 24.0 Å². The molecule has 1 rings (SSSR count). The van der Waals surface area contributed by atoms with Gasteiger partial charge in [-0.15, -0.1) is 0 Å². The molecule has 0 radical (unpaired) electrons. The zero-order valence-corrected chi connectivity index (χ0v) is 11.8. The van der Waals surface area contributed by atoms with Gasteiger partial charge in [-0.25, -0.2) is 4.79 Å². The second-order valence-electron chi connectivity index (χ2n) is 5.64. The van der Waals surface area contributed by atoms with Crippen molar-refractivity contribution in [2.75, 3.05) is 19.6 Å². The molecule has 7 heteroatoms. The molecule has 0 unspecified atom stereocenters. The molecule has 1 saturated heterocycles. The fourth-order valence-corrected chi connectivity index (χ4v) is 1.76. The van der Waals surface area contributed by atoms with E-state index in [0.29, 0.717) is 6.54 Å². The number of amides is 2. The van der Waals surface area contributed by atoms with Crippen molar-refractivity contribution in [3.05, 3.63) is 0 Å². The van der Waals surface area contributed by atoms with Gasteiger partial charge in [-0.3, -0.25) is 9.69 Å². The molecule has 0 saturated carbocycles. The van der Waals surface area contributed by atoms with E-state index in [1.165, 1.54) is 9.80 Å². The minimum absolute atomic E-state index is 0.105. The van der Waals surface area contributed by atoms with Crippen LogP contribution < -0.4 is 0 Å². The smallest absolute Gasteiger partial charge is 0.410 e. The van der Waals surface area contributed by atoms with Gasteiger partial charge in [-0.05, 0) is 27.7 Å². The summed E-state index contributed by atoms with van der Waals surface area (Å²) in [5.74, 6) is -0.322. The Morgan fingerprint density at radius 3 is 2.32 bits per heavy atom. The van der Waals surface area contributed by atoms with E-state index in [0.717, 1.165) is 0 Å². The minimum atomic E-state index is -1.59. The molecule has 1 heterocycles. The highest BCUT2D eigenvalue weighted by atomic mass is 16.6. The van der Waals surface area contributed by atoms with Gasteiger partial charge in [0, 0.05) is 13.1 Å². The minimum Gasteiger partial charge on any atom is -0.444 e. The number of rotatable bonds is 2. The Labute approximate surface area is 112 Å². The van der Waals surface area contributed by atoms with Gasteiger partial charge in [0.25, 0.3) is 0 Å². The molecule has 2 N–H and O–H groups in total. The van der Waals surface area contributed by atoms with Gasteiger partial charge in [0.1, 0.15) is 12.1 Å². The normalized spacial score (nSPS) is 18.8. The summed E-state index contributed by atoms with van der Waals surface area (Å²) in [4.78, 5) is 26.4. The van der Waals surface area contributed by atoms with E-state index in [4.69, 9.17) is 14.9 Å². The number of carbonyl (C=O) groups is 2. The maximum Gasteiger partial charge on any atom is 0.410 e. The van der Waals surface area contributed by atoms with Crippen LogP contribution in [0.15, 0.2) is 0 Å². The molecule has 1 atom stereocenters. The monoisotopic (exact) mass is 274 g/mol. The Morgan fingerprint density at radius 2 is 1.89 bits per heavy atom. The summed E-state index contributed by atoms with van der Waals surface area (Å²) in [6.07, 6.45) is -2.12. The number of ether oxygens (including phenoxy) is 1. The highest BCUT2D eigenvalue weighted by Crippen LogP contribution is 2.14. The van der Waals surface area contributed by atoms with Crippen LogP contribution in [0.2, 0.25) is 0 Å². The van der Waals surface area contributed by atoms with Crippen LogP contribution in [0.3, 0.4) is 0 Å². The SMILES string of the molecule is C[C@H](C(O)O)N1CCN(C(=O)OC(C)(C)C)CC1=O. The first-order valence-corrected chi connectivity index (χ1v) is 6.25. The maximum atomic E-state index is 11.9. The van der Waals surface area contributed by atoms with E-state index in [1.54, 1.807) is 27.7 Å². The van der Waals surface area contributed by atoms with Crippen molar-refractivity contribution in [3.63, 3.8) is 0 Å². The van der Waals surface area contributed by atoms with Crippen LogP contribution in [0, 0.1) is 0 Å². The van der Waals surface area contributed by atoms with Gasteiger partial charge in [0.15, 0.2) is 6.29 Å². The number of nitrogens with zero attached hydrogens (tertiary/aromatic N) is 2. The summed E-state index contributed by atoms with van der Waals surface area (Å²) < 4.78 is 5.19. The quantitative estimate of drug-likeness (QED) is 0.679. The van der Waals surface area contributed by atoms with Crippen LogP contribution in [-0.4, -0.2) is 69.6 Å². The zero-order valence-electron chi connectivity index (χ0n) is 11.8.